The van der Waals surface area contributed by atoms with Gasteiger partial charge in [-0.25, -0.2) is 0 Å². The number of hydrogen-bond acceptors (Lipinski definition) is 7. The lowest BCUT2D eigenvalue weighted by atomic mass is 10.1. The molecule has 0 aliphatic carbocycles. The Labute approximate surface area is 153 Å². The Morgan fingerprint density at radius 3 is 2.62 bits per heavy atom. The molecule has 0 saturated carbocycles. The normalized spacial score (nSPS) is 17.0. The lowest BCUT2D eigenvalue weighted by Gasteiger charge is -2.37. The first-order valence-corrected chi connectivity index (χ1v) is 8.83. The quantitative estimate of drug-likeness (QED) is 0.878. The number of likely N-dealkylation sites (N-methyl/N-ethyl adjacent to an activating group) is 1. The van der Waals surface area contributed by atoms with E-state index in [4.69, 9.17) is 20.5 Å². The summed E-state index contributed by atoms with van der Waals surface area (Å²) in [5.74, 6) is 1.23. The third-order valence-electron chi connectivity index (χ3n) is 4.87. The van der Waals surface area contributed by atoms with Crippen LogP contribution in [0.5, 0.6) is 11.5 Å². The van der Waals surface area contributed by atoms with Crippen molar-refractivity contribution < 1.29 is 9.47 Å². The topological polar surface area (TPSA) is 87.6 Å². The first-order valence-electron chi connectivity index (χ1n) is 8.83. The number of nitrogens with two attached hydrogens (primary N) is 1. The number of anilines is 1. The average Bonchev–Trinajstić information content (AvgIpc) is 2.66. The molecular formula is C19H25N5O2. The van der Waals surface area contributed by atoms with Crippen LogP contribution in [0, 0.1) is 11.3 Å². The molecule has 0 radical (unpaired) electrons. The van der Waals surface area contributed by atoms with Crippen molar-refractivity contribution in [3.8, 4) is 17.6 Å². The van der Waals surface area contributed by atoms with E-state index in [-0.39, 0.29) is 6.23 Å². The van der Waals surface area contributed by atoms with Crippen molar-refractivity contribution in [1.82, 2.24) is 14.8 Å². The predicted octanol–water partition coefficient (Wildman–Crippen LogP) is 2.06. The maximum Gasteiger partial charge on any atom is 0.165 e. The van der Waals surface area contributed by atoms with Gasteiger partial charge >= 0.3 is 0 Å². The Kier molecular flexibility index (Phi) is 5.45. The van der Waals surface area contributed by atoms with Crippen LogP contribution >= 0.6 is 0 Å². The molecule has 0 amide bonds. The zero-order chi connectivity index (χ0) is 18.7. The van der Waals surface area contributed by atoms with Crippen LogP contribution < -0.4 is 15.2 Å². The molecule has 26 heavy (non-hydrogen) atoms. The van der Waals surface area contributed by atoms with Crippen LogP contribution in [0.15, 0.2) is 18.3 Å². The van der Waals surface area contributed by atoms with Crippen LogP contribution in [-0.4, -0.2) is 61.3 Å². The molecule has 138 valence electrons. The van der Waals surface area contributed by atoms with Crippen molar-refractivity contribution in [3.05, 3.63) is 23.9 Å². The summed E-state index contributed by atoms with van der Waals surface area (Å²) in [5, 5.41) is 9.83. The molecule has 1 aliphatic rings. The fourth-order valence-corrected chi connectivity index (χ4v) is 3.23. The van der Waals surface area contributed by atoms with Gasteiger partial charge in [-0.05, 0) is 19.5 Å². The van der Waals surface area contributed by atoms with E-state index in [0.29, 0.717) is 33.7 Å². The van der Waals surface area contributed by atoms with Crippen LogP contribution in [0.4, 0.5) is 5.69 Å². The Balaban J connectivity index is 1.92. The SMILES string of the molecule is CCC(Oc1cc2ncc(C#N)c(N)c2cc1OC)N1CCN(C)CC1. The number of nitrogen functional groups attached to an aromatic ring is 1. The van der Waals surface area contributed by atoms with Gasteiger partial charge in [-0.3, -0.25) is 9.88 Å². The summed E-state index contributed by atoms with van der Waals surface area (Å²) in [6, 6.07) is 5.69. The fraction of sp³-hybridized carbons (Fsp3) is 0.474. The van der Waals surface area contributed by atoms with E-state index in [2.05, 4.69) is 34.8 Å². The first kappa shape index (κ1) is 18.2. The van der Waals surface area contributed by atoms with Crippen LogP contribution in [-0.2, 0) is 0 Å². The van der Waals surface area contributed by atoms with E-state index in [9.17, 15) is 0 Å². The number of fused-ring (bicyclic) bond motifs is 1. The molecule has 1 atom stereocenters. The molecule has 1 aromatic heterocycles. The molecule has 2 aromatic rings. The number of aromatic nitrogens is 1. The second-order valence-corrected chi connectivity index (χ2v) is 6.54. The summed E-state index contributed by atoms with van der Waals surface area (Å²) >= 11 is 0. The highest BCUT2D eigenvalue weighted by Crippen LogP contribution is 2.36. The van der Waals surface area contributed by atoms with Crippen molar-refractivity contribution in [2.75, 3.05) is 46.1 Å². The number of hydrogen-bond donors (Lipinski definition) is 1. The molecular weight excluding hydrogens is 330 g/mol. The van der Waals surface area contributed by atoms with Gasteiger partial charge in [0.1, 0.15) is 6.07 Å². The van der Waals surface area contributed by atoms with Gasteiger partial charge in [-0.1, -0.05) is 6.92 Å². The highest BCUT2D eigenvalue weighted by Gasteiger charge is 2.24. The summed E-state index contributed by atoms with van der Waals surface area (Å²) in [4.78, 5) is 9.02. The average molecular weight is 355 g/mol. The van der Waals surface area contributed by atoms with Crippen molar-refractivity contribution in [2.45, 2.75) is 19.6 Å². The van der Waals surface area contributed by atoms with Crippen molar-refractivity contribution >= 4 is 16.6 Å². The lowest BCUT2D eigenvalue weighted by Crippen LogP contribution is -2.50. The Bertz CT molecular complexity index is 825. The van der Waals surface area contributed by atoms with Gasteiger partial charge in [-0.15, -0.1) is 0 Å². The van der Waals surface area contributed by atoms with E-state index in [0.717, 1.165) is 32.6 Å². The van der Waals surface area contributed by atoms with Gasteiger partial charge in [-0.2, -0.15) is 5.26 Å². The first-order chi connectivity index (χ1) is 12.6. The molecule has 0 bridgehead atoms. The van der Waals surface area contributed by atoms with Gasteiger partial charge in [0.05, 0.1) is 23.9 Å². The minimum absolute atomic E-state index is 0.0224. The highest BCUT2D eigenvalue weighted by atomic mass is 16.5. The standard InChI is InChI=1S/C19H25N5O2/c1-4-18(24-7-5-23(2)6-8-24)26-17-10-15-14(9-16(17)25-3)19(21)13(11-20)12-22-15/h9-10,12,18H,4-8H2,1-3H3,(H2,21,22). The number of nitrogens with zero attached hydrogens (tertiary/aromatic N) is 4. The van der Waals surface area contributed by atoms with E-state index >= 15 is 0 Å². The molecule has 1 unspecified atom stereocenters. The van der Waals surface area contributed by atoms with E-state index in [1.165, 1.54) is 6.20 Å². The van der Waals surface area contributed by atoms with Crippen LogP contribution in [0.25, 0.3) is 10.9 Å². The van der Waals surface area contributed by atoms with Crippen molar-refractivity contribution in [3.63, 3.8) is 0 Å². The van der Waals surface area contributed by atoms with Crippen LogP contribution in [0.3, 0.4) is 0 Å². The second kappa shape index (κ2) is 7.77. The maximum absolute atomic E-state index is 9.14. The minimum Gasteiger partial charge on any atom is -0.493 e. The number of piperazine rings is 1. The maximum atomic E-state index is 9.14. The fourth-order valence-electron chi connectivity index (χ4n) is 3.23. The van der Waals surface area contributed by atoms with E-state index in [1.807, 2.05) is 6.07 Å². The molecule has 0 spiro atoms. The third-order valence-corrected chi connectivity index (χ3v) is 4.87. The molecule has 1 aliphatic heterocycles. The van der Waals surface area contributed by atoms with Gasteiger partial charge in [0.15, 0.2) is 17.7 Å². The Morgan fingerprint density at radius 2 is 2.00 bits per heavy atom. The minimum atomic E-state index is -0.0224. The largest absolute Gasteiger partial charge is 0.493 e. The van der Waals surface area contributed by atoms with Crippen LogP contribution in [0.2, 0.25) is 0 Å². The molecule has 1 fully saturated rings. The van der Waals surface area contributed by atoms with Gasteiger partial charge in [0, 0.05) is 43.8 Å². The Hall–Kier alpha value is -2.56. The van der Waals surface area contributed by atoms with E-state index in [1.54, 1.807) is 13.2 Å². The molecule has 1 aromatic carbocycles. The molecule has 3 rings (SSSR count). The number of benzene rings is 1. The zero-order valence-corrected chi connectivity index (χ0v) is 15.5. The van der Waals surface area contributed by atoms with Crippen LogP contribution in [0.1, 0.15) is 18.9 Å². The number of rotatable bonds is 5. The molecule has 7 heteroatoms. The van der Waals surface area contributed by atoms with Gasteiger partial charge < -0.3 is 20.1 Å². The summed E-state index contributed by atoms with van der Waals surface area (Å²) in [5.41, 5.74) is 7.54. The van der Waals surface area contributed by atoms with Gasteiger partial charge in [0.2, 0.25) is 0 Å². The number of nitriles is 1. The third kappa shape index (κ3) is 3.52. The molecule has 2 heterocycles. The summed E-state index contributed by atoms with van der Waals surface area (Å²) in [6.07, 6.45) is 2.34. The monoisotopic (exact) mass is 355 g/mol. The molecule has 7 nitrogen and oxygen atoms in total. The summed E-state index contributed by atoms with van der Waals surface area (Å²) in [6.45, 7) is 6.13. The number of ether oxygens (including phenoxy) is 2. The predicted molar refractivity (Wildman–Crippen MR) is 101 cm³/mol. The smallest absolute Gasteiger partial charge is 0.165 e. The summed E-state index contributed by atoms with van der Waals surface area (Å²) in [7, 11) is 3.74. The molecule has 1 saturated heterocycles. The summed E-state index contributed by atoms with van der Waals surface area (Å²) < 4.78 is 11.8. The second-order valence-electron chi connectivity index (χ2n) is 6.54. The number of methoxy groups -OCH3 is 1. The Morgan fingerprint density at radius 1 is 1.27 bits per heavy atom. The lowest BCUT2D eigenvalue weighted by molar-refractivity contribution is -0.00647. The van der Waals surface area contributed by atoms with E-state index < -0.39 is 0 Å². The number of pyridine rings is 1. The highest BCUT2D eigenvalue weighted by molar-refractivity contribution is 5.94. The van der Waals surface area contributed by atoms with Crippen molar-refractivity contribution in [2.24, 2.45) is 0 Å². The molecule has 2 N–H and O–H groups in total. The van der Waals surface area contributed by atoms with Crippen molar-refractivity contribution in [1.29, 1.82) is 5.26 Å². The van der Waals surface area contributed by atoms with Gasteiger partial charge in [0.25, 0.3) is 0 Å². The zero-order valence-electron chi connectivity index (χ0n) is 15.5.